The SMILES string of the molecule is COc1cccc2c1CCCC2CCCN1CCN(C2CCCCCC2)CC1. The van der Waals surface area contributed by atoms with Crippen LogP contribution in [0.1, 0.15) is 81.3 Å². The zero-order valence-electron chi connectivity index (χ0n) is 18.0. The molecule has 1 aromatic rings. The molecule has 0 radical (unpaired) electrons. The van der Waals surface area contributed by atoms with Crippen molar-refractivity contribution in [2.24, 2.45) is 0 Å². The number of hydrogen-bond acceptors (Lipinski definition) is 3. The standard InChI is InChI=1S/C25H40N2O/c1-28-25-15-7-13-23-21(9-6-14-24(23)25)10-8-16-26-17-19-27(20-18-26)22-11-4-2-3-5-12-22/h7,13,15,21-22H,2-6,8-12,14,16-20H2,1H3. The van der Waals surface area contributed by atoms with Crippen molar-refractivity contribution in [3.05, 3.63) is 29.3 Å². The Labute approximate surface area is 172 Å². The molecule has 28 heavy (non-hydrogen) atoms. The van der Waals surface area contributed by atoms with Crippen molar-refractivity contribution >= 4 is 0 Å². The molecule has 1 unspecified atom stereocenters. The molecule has 1 atom stereocenters. The number of nitrogens with zero attached hydrogens (tertiary/aromatic N) is 2. The Kier molecular flexibility index (Phi) is 7.31. The minimum Gasteiger partial charge on any atom is -0.496 e. The molecule has 0 amide bonds. The number of piperazine rings is 1. The van der Waals surface area contributed by atoms with Crippen molar-refractivity contribution in [3.63, 3.8) is 0 Å². The Balaban J connectivity index is 1.22. The summed E-state index contributed by atoms with van der Waals surface area (Å²) < 4.78 is 5.62. The van der Waals surface area contributed by atoms with E-state index in [0.29, 0.717) is 0 Å². The molecule has 156 valence electrons. The molecule has 2 fully saturated rings. The van der Waals surface area contributed by atoms with E-state index >= 15 is 0 Å². The summed E-state index contributed by atoms with van der Waals surface area (Å²) in [5.41, 5.74) is 3.06. The first-order chi connectivity index (χ1) is 13.8. The van der Waals surface area contributed by atoms with Crippen molar-refractivity contribution in [3.8, 4) is 5.75 Å². The second-order valence-corrected chi connectivity index (χ2v) is 9.28. The van der Waals surface area contributed by atoms with Gasteiger partial charge in [-0.1, -0.05) is 37.8 Å². The highest BCUT2D eigenvalue weighted by Gasteiger charge is 2.25. The first-order valence-corrected chi connectivity index (χ1v) is 12.0. The maximum absolute atomic E-state index is 5.62. The van der Waals surface area contributed by atoms with Gasteiger partial charge in [-0.25, -0.2) is 0 Å². The Bertz CT molecular complexity index is 601. The molecule has 4 rings (SSSR count). The van der Waals surface area contributed by atoms with Gasteiger partial charge in [0, 0.05) is 32.2 Å². The number of rotatable bonds is 6. The van der Waals surface area contributed by atoms with Crippen LogP contribution in [0.5, 0.6) is 5.75 Å². The maximum Gasteiger partial charge on any atom is 0.122 e. The van der Waals surface area contributed by atoms with E-state index in [-0.39, 0.29) is 0 Å². The van der Waals surface area contributed by atoms with Crippen molar-refractivity contribution in [2.45, 2.75) is 82.6 Å². The third-order valence-electron chi connectivity index (χ3n) is 7.58. The largest absolute Gasteiger partial charge is 0.496 e. The fraction of sp³-hybridized carbons (Fsp3) is 0.760. The molecule has 0 aromatic heterocycles. The van der Waals surface area contributed by atoms with E-state index in [9.17, 15) is 0 Å². The zero-order valence-corrected chi connectivity index (χ0v) is 18.0. The lowest BCUT2D eigenvalue weighted by atomic mass is 9.80. The minimum atomic E-state index is 0.742. The zero-order chi connectivity index (χ0) is 19.2. The molecule has 3 nitrogen and oxygen atoms in total. The van der Waals surface area contributed by atoms with Gasteiger partial charge in [0.2, 0.25) is 0 Å². The molecule has 1 saturated carbocycles. The average Bonchev–Trinajstić information content (AvgIpc) is 3.03. The van der Waals surface area contributed by atoms with E-state index in [4.69, 9.17) is 4.74 Å². The third kappa shape index (κ3) is 4.91. The quantitative estimate of drug-likeness (QED) is 0.624. The number of ether oxygens (including phenoxy) is 1. The fourth-order valence-electron chi connectivity index (χ4n) is 5.94. The van der Waals surface area contributed by atoms with Crippen LogP contribution in [0.4, 0.5) is 0 Å². The highest BCUT2D eigenvalue weighted by Crippen LogP contribution is 2.38. The number of fused-ring (bicyclic) bond motifs is 1. The van der Waals surface area contributed by atoms with Gasteiger partial charge in [0.15, 0.2) is 0 Å². The van der Waals surface area contributed by atoms with E-state index in [2.05, 4.69) is 28.0 Å². The molecule has 2 aliphatic carbocycles. The smallest absolute Gasteiger partial charge is 0.122 e. The predicted octanol–water partition coefficient (Wildman–Crippen LogP) is 5.24. The molecule has 1 aliphatic heterocycles. The van der Waals surface area contributed by atoms with Gasteiger partial charge in [-0.05, 0) is 74.6 Å². The Morgan fingerprint density at radius 2 is 1.71 bits per heavy atom. The molecule has 0 bridgehead atoms. The van der Waals surface area contributed by atoms with Crippen molar-refractivity contribution in [1.29, 1.82) is 0 Å². The van der Waals surface area contributed by atoms with Gasteiger partial charge in [0.25, 0.3) is 0 Å². The maximum atomic E-state index is 5.62. The number of methoxy groups -OCH3 is 1. The third-order valence-corrected chi connectivity index (χ3v) is 7.58. The van der Waals surface area contributed by atoms with E-state index < -0.39 is 0 Å². The molecule has 1 heterocycles. The van der Waals surface area contributed by atoms with Gasteiger partial charge in [-0.2, -0.15) is 0 Å². The summed E-state index contributed by atoms with van der Waals surface area (Å²) in [6, 6.07) is 7.56. The van der Waals surface area contributed by atoms with Gasteiger partial charge in [-0.15, -0.1) is 0 Å². The summed E-state index contributed by atoms with van der Waals surface area (Å²) >= 11 is 0. The lowest BCUT2D eigenvalue weighted by molar-refractivity contribution is 0.0877. The summed E-state index contributed by atoms with van der Waals surface area (Å²) in [4.78, 5) is 5.54. The first-order valence-electron chi connectivity index (χ1n) is 12.0. The molecule has 0 spiro atoms. The number of benzene rings is 1. The van der Waals surface area contributed by atoms with Gasteiger partial charge >= 0.3 is 0 Å². The van der Waals surface area contributed by atoms with E-state index in [1.807, 2.05) is 7.11 Å². The monoisotopic (exact) mass is 384 g/mol. The molecule has 3 aliphatic rings. The highest BCUT2D eigenvalue weighted by molar-refractivity contribution is 5.43. The lowest BCUT2D eigenvalue weighted by Gasteiger charge is -2.39. The second-order valence-electron chi connectivity index (χ2n) is 9.28. The van der Waals surface area contributed by atoms with E-state index in [1.165, 1.54) is 109 Å². The lowest BCUT2D eigenvalue weighted by Crippen LogP contribution is -2.50. The minimum absolute atomic E-state index is 0.742. The van der Waals surface area contributed by atoms with Gasteiger partial charge in [0.05, 0.1) is 7.11 Å². The molecule has 1 saturated heterocycles. The van der Waals surface area contributed by atoms with Crippen LogP contribution in [0, 0.1) is 0 Å². The molecule has 0 N–H and O–H groups in total. The van der Waals surface area contributed by atoms with E-state index in [0.717, 1.165) is 17.7 Å². The molecule has 3 heteroatoms. The van der Waals surface area contributed by atoms with Crippen LogP contribution in [-0.4, -0.2) is 55.7 Å². The Morgan fingerprint density at radius 1 is 0.929 bits per heavy atom. The van der Waals surface area contributed by atoms with Crippen LogP contribution < -0.4 is 4.74 Å². The van der Waals surface area contributed by atoms with E-state index in [1.54, 1.807) is 5.56 Å². The summed E-state index contributed by atoms with van der Waals surface area (Å²) in [7, 11) is 1.81. The van der Waals surface area contributed by atoms with Crippen LogP contribution in [0.15, 0.2) is 18.2 Å². The predicted molar refractivity (Wildman–Crippen MR) is 117 cm³/mol. The van der Waals surface area contributed by atoms with Crippen molar-refractivity contribution in [1.82, 2.24) is 9.80 Å². The van der Waals surface area contributed by atoms with Crippen molar-refractivity contribution in [2.75, 3.05) is 39.8 Å². The summed E-state index contributed by atoms with van der Waals surface area (Å²) in [5.74, 6) is 1.85. The first kappa shape index (κ1) is 20.2. The summed E-state index contributed by atoms with van der Waals surface area (Å²) in [6.07, 6.45) is 15.3. The average molecular weight is 385 g/mol. The number of hydrogen-bond donors (Lipinski definition) is 0. The van der Waals surface area contributed by atoms with Gasteiger partial charge in [0.1, 0.15) is 5.75 Å². The van der Waals surface area contributed by atoms with Crippen LogP contribution >= 0.6 is 0 Å². The van der Waals surface area contributed by atoms with Gasteiger partial charge < -0.3 is 9.64 Å². The van der Waals surface area contributed by atoms with Crippen LogP contribution in [0.3, 0.4) is 0 Å². The van der Waals surface area contributed by atoms with Crippen LogP contribution in [0.2, 0.25) is 0 Å². The van der Waals surface area contributed by atoms with Crippen LogP contribution in [-0.2, 0) is 6.42 Å². The summed E-state index contributed by atoms with van der Waals surface area (Å²) in [5, 5.41) is 0. The van der Waals surface area contributed by atoms with Crippen molar-refractivity contribution < 1.29 is 4.74 Å². The summed E-state index contributed by atoms with van der Waals surface area (Å²) in [6.45, 7) is 6.45. The second kappa shape index (κ2) is 10.1. The molecular weight excluding hydrogens is 344 g/mol. The fourth-order valence-corrected chi connectivity index (χ4v) is 5.94. The molecule has 1 aromatic carbocycles. The Morgan fingerprint density at radius 3 is 2.46 bits per heavy atom. The molecular formula is C25H40N2O. The normalized spacial score (nSPS) is 25.2. The Hall–Kier alpha value is -1.06. The highest BCUT2D eigenvalue weighted by atomic mass is 16.5. The van der Waals surface area contributed by atoms with Gasteiger partial charge in [-0.3, -0.25) is 4.90 Å². The topological polar surface area (TPSA) is 15.7 Å². The van der Waals surface area contributed by atoms with Crippen LogP contribution in [0.25, 0.3) is 0 Å².